The predicted molar refractivity (Wildman–Crippen MR) is 48.8 cm³/mol. The molecule has 0 spiro atoms. The summed E-state index contributed by atoms with van der Waals surface area (Å²) in [6.07, 6.45) is 5.26. The Morgan fingerprint density at radius 2 is 2.25 bits per heavy atom. The van der Waals surface area contributed by atoms with E-state index >= 15 is 0 Å². The highest BCUT2D eigenvalue weighted by Crippen LogP contribution is 1.94. The molecule has 68 valence electrons. The van der Waals surface area contributed by atoms with Crippen molar-refractivity contribution in [1.29, 1.82) is 0 Å². The number of rotatable bonds is 4. The number of ether oxygens (including phenoxy) is 1. The van der Waals surface area contributed by atoms with Crippen molar-refractivity contribution in [2.75, 3.05) is 20.7 Å². The summed E-state index contributed by atoms with van der Waals surface area (Å²) < 4.78 is 4.46. The van der Waals surface area contributed by atoms with E-state index in [1.54, 1.807) is 0 Å². The first kappa shape index (κ1) is 10.9. The van der Waals surface area contributed by atoms with Crippen molar-refractivity contribution in [2.45, 2.75) is 6.92 Å². The van der Waals surface area contributed by atoms with Gasteiger partial charge in [0, 0.05) is 12.6 Å². The summed E-state index contributed by atoms with van der Waals surface area (Å²) in [6, 6.07) is 0. The van der Waals surface area contributed by atoms with Gasteiger partial charge < -0.3 is 10.1 Å². The van der Waals surface area contributed by atoms with E-state index < -0.39 is 0 Å². The molecule has 0 fully saturated rings. The molecule has 0 heterocycles. The third-order valence-electron chi connectivity index (χ3n) is 1.25. The number of esters is 1. The van der Waals surface area contributed by atoms with Crippen LogP contribution >= 0.6 is 0 Å². The van der Waals surface area contributed by atoms with Crippen LogP contribution in [0.1, 0.15) is 6.92 Å². The van der Waals surface area contributed by atoms with Gasteiger partial charge in [0.25, 0.3) is 0 Å². The molecule has 0 saturated carbocycles. The molecular weight excluding hydrogens is 154 g/mol. The van der Waals surface area contributed by atoms with Crippen molar-refractivity contribution in [3.05, 3.63) is 23.8 Å². The molecule has 0 radical (unpaired) electrons. The summed E-state index contributed by atoms with van der Waals surface area (Å²) in [5, 5.41) is 2.96. The zero-order valence-corrected chi connectivity index (χ0v) is 7.76. The standard InChI is InChI=1S/C9H15NO2/c1-8(5-4-6-10-2)7-9(11)12-3/h4-5,7,10H,6H2,1-3H3/b5-4+,8-7-. The van der Waals surface area contributed by atoms with Gasteiger partial charge >= 0.3 is 5.97 Å². The third-order valence-corrected chi connectivity index (χ3v) is 1.25. The highest BCUT2D eigenvalue weighted by molar-refractivity contribution is 5.83. The molecule has 0 atom stereocenters. The van der Waals surface area contributed by atoms with Crippen LogP contribution in [0.15, 0.2) is 23.8 Å². The average Bonchev–Trinajstić information content (AvgIpc) is 2.05. The van der Waals surface area contributed by atoms with Crippen LogP contribution in [0.2, 0.25) is 0 Å². The van der Waals surface area contributed by atoms with Gasteiger partial charge in [-0.15, -0.1) is 0 Å². The van der Waals surface area contributed by atoms with Gasteiger partial charge in [-0.05, 0) is 19.5 Å². The smallest absolute Gasteiger partial charge is 0.330 e. The highest BCUT2D eigenvalue weighted by Gasteiger charge is 1.91. The van der Waals surface area contributed by atoms with Gasteiger partial charge in [0.1, 0.15) is 0 Å². The Balaban J connectivity index is 3.92. The minimum absolute atomic E-state index is 0.318. The molecule has 3 heteroatoms. The molecular formula is C9H15NO2. The van der Waals surface area contributed by atoms with Gasteiger partial charge in [-0.1, -0.05) is 12.2 Å². The first-order valence-corrected chi connectivity index (χ1v) is 3.78. The fraction of sp³-hybridized carbons (Fsp3) is 0.444. The zero-order chi connectivity index (χ0) is 9.40. The van der Waals surface area contributed by atoms with Crippen LogP contribution in [0.25, 0.3) is 0 Å². The number of hydrogen-bond acceptors (Lipinski definition) is 3. The molecule has 0 amide bonds. The van der Waals surface area contributed by atoms with Gasteiger partial charge in [-0.2, -0.15) is 0 Å². The summed E-state index contributed by atoms with van der Waals surface area (Å²) in [4.78, 5) is 10.7. The molecule has 0 unspecified atom stereocenters. The number of methoxy groups -OCH3 is 1. The van der Waals surface area contributed by atoms with Crippen LogP contribution in [0.3, 0.4) is 0 Å². The van der Waals surface area contributed by atoms with Gasteiger partial charge in [-0.25, -0.2) is 4.79 Å². The Labute approximate surface area is 73.1 Å². The number of nitrogens with one attached hydrogen (secondary N) is 1. The Bertz CT molecular complexity index is 195. The maximum absolute atomic E-state index is 10.7. The van der Waals surface area contributed by atoms with Crippen molar-refractivity contribution in [3.8, 4) is 0 Å². The molecule has 0 aromatic heterocycles. The second-order valence-electron chi connectivity index (χ2n) is 2.37. The minimum Gasteiger partial charge on any atom is -0.466 e. The summed E-state index contributed by atoms with van der Waals surface area (Å²) >= 11 is 0. The second-order valence-corrected chi connectivity index (χ2v) is 2.37. The highest BCUT2D eigenvalue weighted by atomic mass is 16.5. The van der Waals surface area contributed by atoms with E-state index in [2.05, 4.69) is 10.1 Å². The third kappa shape index (κ3) is 5.68. The molecule has 0 aliphatic heterocycles. The molecule has 0 aromatic rings. The lowest BCUT2D eigenvalue weighted by atomic mass is 10.2. The minimum atomic E-state index is -0.318. The lowest BCUT2D eigenvalue weighted by Crippen LogP contribution is -2.03. The molecule has 0 saturated heterocycles. The summed E-state index contributed by atoms with van der Waals surface area (Å²) in [5.41, 5.74) is 0.886. The van der Waals surface area contributed by atoms with E-state index in [-0.39, 0.29) is 5.97 Å². The van der Waals surface area contributed by atoms with Crippen LogP contribution < -0.4 is 5.32 Å². The average molecular weight is 169 g/mol. The number of carbonyl (C=O) groups is 1. The first-order chi connectivity index (χ1) is 5.70. The van der Waals surface area contributed by atoms with Gasteiger partial charge in [0.2, 0.25) is 0 Å². The molecule has 3 nitrogen and oxygen atoms in total. The van der Waals surface area contributed by atoms with E-state index in [9.17, 15) is 4.79 Å². The van der Waals surface area contributed by atoms with E-state index in [0.29, 0.717) is 0 Å². The number of carbonyl (C=O) groups excluding carboxylic acids is 1. The van der Waals surface area contributed by atoms with Crippen molar-refractivity contribution in [3.63, 3.8) is 0 Å². The predicted octanol–water partition coefficient (Wildman–Crippen LogP) is 0.881. The van der Waals surface area contributed by atoms with Crippen molar-refractivity contribution in [2.24, 2.45) is 0 Å². The van der Waals surface area contributed by atoms with E-state index in [1.807, 2.05) is 26.1 Å². The SMILES string of the molecule is CNC/C=C/C(C)=C\C(=O)OC. The van der Waals surface area contributed by atoms with Gasteiger partial charge in [-0.3, -0.25) is 0 Å². The molecule has 0 aromatic carbocycles. The number of allylic oxidation sites excluding steroid dienone is 2. The van der Waals surface area contributed by atoms with Crippen molar-refractivity contribution in [1.82, 2.24) is 5.32 Å². The Morgan fingerprint density at radius 3 is 2.75 bits per heavy atom. The molecule has 0 bridgehead atoms. The quantitative estimate of drug-likeness (QED) is 0.386. The van der Waals surface area contributed by atoms with E-state index in [4.69, 9.17) is 0 Å². The fourth-order valence-corrected chi connectivity index (χ4v) is 0.656. The Hall–Kier alpha value is -1.09. The summed E-state index contributed by atoms with van der Waals surface area (Å²) in [5.74, 6) is -0.318. The van der Waals surface area contributed by atoms with Crippen LogP contribution in [0.5, 0.6) is 0 Å². The number of hydrogen-bond donors (Lipinski definition) is 1. The Morgan fingerprint density at radius 1 is 1.58 bits per heavy atom. The molecule has 1 N–H and O–H groups in total. The molecule has 0 rings (SSSR count). The zero-order valence-electron chi connectivity index (χ0n) is 7.76. The summed E-state index contributed by atoms with van der Waals surface area (Å²) in [6.45, 7) is 2.65. The second kappa shape index (κ2) is 6.61. The number of likely N-dealkylation sites (N-methyl/N-ethyl adjacent to an activating group) is 1. The van der Waals surface area contributed by atoms with Crippen LogP contribution in [-0.2, 0) is 9.53 Å². The normalized spacial score (nSPS) is 12.1. The maximum Gasteiger partial charge on any atom is 0.330 e. The lowest BCUT2D eigenvalue weighted by molar-refractivity contribution is -0.134. The van der Waals surface area contributed by atoms with Crippen LogP contribution in [0, 0.1) is 0 Å². The maximum atomic E-state index is 10.7. The van der Waals surface area contributed by atoms with Crippen LogP contribution in [0.4, 0.5) is 0 Å². The fourth-order valence-electron chi connectivity index (χ4n) is 0.656. The van der Waals surface area contributed by atoms with Crippen molar-refractivity contribution < 1.29 is 9.53 Å². The molecule has 0 aliphatic carbocycles. The Kier molecular flexibility index (Phi) is 6.01. The first-order valence-electron chi connectivity index (χ1n) is 3.78. The topological polar surface area (TPSA) is 38.3 Å². The molecule has 0 aliphatic rings. The lowest BCUT2D eigenvalue weighted by Gasteiger charge is -1.93. The van der Waals surface area contributed by atoms with Crippen molar-refractivity contribution >= 4 is 5.97 Å². The summed E-state index contributed by atoms with van der Waals surface area (Å²) in [7, 11) is 3.23. The van der Waals surface area contributed by atoms with Gasteiger partial charge in [0.15, 0.2) is 0 Å². The molecule has 12 heavy (non-hydrogen) atoms. The van der Waals surface area contributed by atoms with Gasteiger partial charge in [0.05, 0.1) is 7.11 Å². The van der Waals surface area contributed by atoms with E-state index in [1.165, 1.54) is 13.2 Å². The largest absolute Gasteiger partial charge is 0.466 e. The van der Waals surface area contributed by atoms with E-state index in [0.717, 1.165) is 12.1 Å². The monoisotopic (exact) mass is 169 g/mol. The van der Waals surface area contributed by atoms with Crippen LogP contribution in [-0.4, -0.2) is 26.7 Å².